The van der Waals surface area contributed by atoms with Crippen LogP contribution in [0.5, 0.6) is 0 Å². The molecule has 23 heavy (non-hydrogen) atoms. The number of aromatic amines is 1. The van der Waals surface area contributed by atoms with Crippen molar-refractivity contribution in [1.82, 2.24) is 9.97 Å². The van der Waals surface area contributed by atoms with Crippen LogP contribution in [0.2, 0.25) is 0 Å². The fraction of sp³-hybridized carbons (Fsp3) is 0.389. The van der Waals surface area contributed by atoms with Crippen LogP contribution in [0.3, 0.4) is 0 Å². The molecule has 0 amide bonds. The Hall–Kier alpha value is -2.61. The van der Waals surface area contributed by atoms with E-state index >= 15 is 0 Å². The van der Waals surface area contributed by atoms with Gasteiger partial charge in [-0.1, -0.05) is 44.9 Å². The molecule has 120 valence electrons. The van der Waals surface area contributed by atoms with Crippen LogP contribution in [-0.4, -0.2) is 9.97 Å². The number of anilines is 2. The predicted molar refractivity (Wildman–Crippen MR) is 91.8 cm³/mol. The van der Waals surface area contributed by atoms with Gasteiger partial charge in [-0.3, -0.25) is 4.79 Å². The molecule has 0 radical (unpaired) electrons. The fourth-order valence-electron chi connectivity index (χ4n) is 2.50. The zero-order valence-electron chi connectivity index (χ0n) is 13.8. The van der Waals surface area contributed by atoms with Crippen LogP contribution in [-0.2, 0) is 6.42 Å². The van der Waals surface area contributed by atoms with Crippen molar-refractivity contribution in [2.24, 2.45) is 5.92 Å². The summed E-state index contributed by atoms with van der Waals surface area (Å²) in [6.07, 6.45) is 2.76. The van der Waals surface area contributed by atoms with Crippen LogP contribution < -0.4 is 10.9 Å². The predicted octanol–water partition coefficient (Wildman–Crippen LogP) is 3.67. The van der Waals surface area contributed by atoms with Crippen LogP contribution >= 0.6 is 0 Å². The molecule has 5 nitrogen and oxygen atoms in total. The number of nitrogens with zero attached hydrogens (tertiary/aromatic N) is 2. The summed E-state index contributed by atoms with van der Waals surface area (Å²) in [5.41, 5.74) is 1.50. The number of nitriles is 1. The Labute approximate surface area is 136 Å². The second-order valence-corrected chi connectivity index (χ2v) is 5.67. The van der Waals surface area contributed by atoms with E-state index in [1.807, 2.05) is 37.3 Å². The Kier molecular flexibility index (Phi) is 5.53. The van der Waals surface area contributed by atoms with E-state index in [0.29, 0.717) is 24.0 Å². The standard InChI is InChI=1S/C18H22N4O/c1-4-13(5-2)10-16-21-17(14(11-19)18(23)22-16)20-15-9-7-6-8-12(15)3/h6-9,13H,4-5,10H2,1-3H3,(H2,20,21,22,23). The number of para-hydroxylation sites is 1. The number of hydrogen-bond acceptors (Lipinski definition) is 4. The Balaban J connectivity index is 2.41. The van der Waals surface area contributed by atoms with Gasteiger partial charge in [0.15, 0.2) is 11.4 Å². The average Bonchev–Trinajstić information content (AvgIpc) is 2.54. The van der Waals surface area contributed by atoms with Crippen molar-refractivity contribution >= 4 is 11.5 Å². The molecule has 0 aliphatic heterocycles. The third-order valence-electron chi connectivity index (χ3n) is 4.12. The van der Waals surface area contributed by atoms with Gasteiger partial charge in [-0.25, -0.2) is 4.98 Å². The highest BCUT2D eigenvalue weighted by Gasteiger charge is 2.14. The maximum Gasteiger partial charge on any atom is 0.271 e. The summed E-state index contributed by atoms with van der Waals surface area (Å²) in [6, 6.07) is 9.65. The van der Waals surface area contributed by atoms with E-state index in [9.17, 15) is 10.1 Å². The smallest absolute Gasteiger partial charge is 0.271 e. The lowest BCUT2D eigenvalue weighted by molar-refractivity contribution is 0.478. The number of aromatic nitrogens is 2. The van der Waals surface area contributed by atoms with Crippen molar-refractivity contribution in [1.29, 1.82) is 5.26 Å². The van der Waals surface area contributed by atoms with Gasteiger partial charge in [-0.05, 0) is 24.5 Å². The van der Waals surface area contributed by atoms with Crippen LogP contribution in [0.25, 0.3) is 0 Å². The number of nitrogens with one attached hydrogen (secondary N) is 2. The topological polar surface area (TPSA) is 81.6 Å². The van der Waals surface area contributed by atoms with Gasteiger partial charge in [-0.15, -0.1) is 0 Å². The van der Waals surface area contributed by atoms with Crippen LogP contribution in [0.1, 0.15) is 43.6 Å². The number of rotatable bonds is 6. The van der Waals surface area contributed by atoms with Gasteiger partial charge in [0.25, 0.3) is 5.56 Å². The molecule has 0 unspecified atom stereocenters. The summed E-state index contributed by atoms with van der Waals surface area (Å²) in [5, 5.41) is 12.4. The second-order valence-electron chi connectivity index (χ2n) is 5.67. The number of hydrogen-bond donors (Lipinski definition) is 2. The highest BCUT2D eigenvalue weighted by Crippen LogP contribution is 2.21. The minimum atomic E-state index is -0.389. The van der Waals surface area contributed by atoms with E-state index in [4.69, 9.17) is 0 Å². The summed E-state index contributed by atoms with van der Waals surface area (Å²) in [6.45, 7) is 6.22. The highest BCUT2D eigenvalue weighted by atomic mass is 16.1. The maximum atomic E-state index is 12.2. The summed E-state index contributed by atoms with van der Waals surface area (Å²) in [7, 11) is 0. The Morgan fingerprint density at radius 3 is 2.61 bits per heavy atom. The van der Waals surface area contributed by atoms with E-state index < -0.39 is 0 Å². The summed E-state index contributed by atoms with van der Waals surface area (Å²) < 4.78 is 0. The zero-order valence-corrected chi connectivity index (χ0v) is 13.8. The summed E-state index contributed by atoms with van der Waals surface area (Å²) in [4.78, 5) is 19.4. The third-order valence-corrected chi connectivity index (χ3v) is 4.12. The Morgan fingerprint density at radius 1 is 1.30 bits per heavy atom. The van der Waals surface area contributed by atoms with Crippen molar-refractivity contribution in [3.63, 3.8) is 0 Å². The molecule has 5 heteroatoms. The molecule has 0 aliphatic rings. The lowest BCUT2D eigenvalue weighted by atomic mass is 9.99. The van der Waals surface area contributed by atoms with Gasteiger partial charge >= 0.3 is 0 Å². The van der Waals surface area contributed by atoms with Gasteiger partial charge in [0.1, 0.15) is 11.9 Å². The molecule has 0 atom stereocenters. The third kappa shape index (κ3) is 3.98. The molecular weight excluding hydrogens is 288 g/mol. The molecule has 0 saturated heterocycles. The quantitative estimate of drug-likeness (QED) is 0.853. The van der Waals surface area contributed by atoms with Crippen LogP contribution in [0.15, 0.2) is 29.1 Å². The lowest BCUT2D eigenvalue weighted by Gasteiger charge is -2.14. The first-order valence-corrected chi connectivity index (χ1v) is 7.94. The van der Waals surface area contributed by atoms with Gasteiger partial charge in [0.2, 0.25) is 0 Å². The van der Waals surface area contributed by atoms with Crippen LogP contribution in [0, 0.1) is 24.2 Å². The second kappa shape index (κ2) is 7.59. The van der Waals surface area contributed by atoms with E-state index in [-0.39, 0.29) is 11.1 Å². The van der Waals surface area contributed by atoms with Crippen LogP contribution in [0.4, 0.5) is 11.5 Å². The lowest BCUT2D eigenvalue weighted by Crippen LogP contribution is -2.19. The molecule has 1 aromatic carbocycles. The van der Waals surface area contributed by atoms with Gasteiger partial charge in [0, 0.05) is 12.1 Å². The molecule has 1 heterocycles. The molecule has 0 aliphatic carbocycles. The molecule has 2 N–H and O–H groups in total. The maximum absolute atomic E-state index is 12.2. The van der Waals surface area contributed by atoms with Gasteiger partial charge < -0.3 is 10.3 Å². The van der Waals surface area contributed by atoms with E-state index in [1.165, 1.54) is 0 Å². The van der Waals surface area contributed by atoms with Crippen molar-refractivity contribution < 1.29 is 0 Å². The number of benzene rings is 1. The molecular formula is C18H22N4O. The normalized spacial score (nSPS) is 10.6. The first-order valence-electron chi connectivity index (χ1n) is 7.94. The fourth-order valence-corrected chi connectivity index (χ4v) is 2.50. The van der Waals surface area contributed by atoms with E-state index in [0.717, 1.165) is 24.1 Å². The molecule has 0 bridgehead atoms. The SMILES string of the molecule is CCC(CC)Cc1nc(Nc2ccccc2C)c(C#N)c(=O)[nH]1. The van der Waals surface area contributed by atoms with Crippen molar-refractivity contribution in [3.8, 4) is 6.07 Å². The molecule has 2 rings (SSSR count). The summed E-state index contributed by atoms with van der Waals surface area (Å²) >= 11 is 0. The minimum absolute atomic E-state index is 0.0153. The van der Waals surface area contributed by atoms with Crippen molar-refractivity contribution in [2.75, 3.05) is 5.32 Å². The number of aryl methyl sites for hydroxylation is 1. The minimum Gasteiger partial charge on any atom is -0.339 e. The first-order chi connectivity index (χ1) is 11.1. The highest BCUT2D eigenvalue weighted by molar-refractivity contribution is 5.64. The van der Waals surface area contributed by atoms with Crippen molar-refractivity contribution in [2.45, 2.75) is 40.0 Å². The Morgan fingerprint density at radius 2 is 2.00 bits per heavy atom. The van der Waals surface area contributed by atoms with Gasteiger partial charge in [-0.2, -0.15) is 5.26 Å². The molecule has 0 saturated carbocycles. The molecule has 0 fully saturated rings. The monoisotopic (exact) mass is 310 g/mol. The van der Waals surface area contributed by atoms with Gasteiger partial charge in [0.05, 0.1) is 0 Å². The molecule has 0 spiro atoms. The molecule has 2 aromatic rings. The summed E-state index contributed by atoms with van der Waals surface area (Å²) in [5.74, 6) is 1.42. The van der Waals surface area contributed by atoms with Crippen molar-refractivity contribution in [3.05, 3.63) is 51.6 Å². The first kappa shape index (κ1) is 16.8. The largest absolute Gasteiger partial charge is 0.339 e. The number of H-pyrrole nitrogens is 1. The van der Waals surface area contributed by atoms with E-state index in [1.54, 1.807) is 0 Å². The Bertz CT molecular complexity index is 769. The zero-order chi connectivity index (χ0) is 16.8. The van der Waals surface area contributed by atoms with E-state index in [2.05, 4.69) is 29.1 Å². The molecule has 1 aromatic heterocycles. The average molecular weight is 310 g/mol.